The molecule has 0 fully saturated rings. The van der Waals surface area contributed by atoms with E-state index >= 15 is 0 Å². The summed E-state index contributed by atoms with van der Waals surface area (Å²) in [5.41, 5.74) is 5.23. The quantitative estimate of drug-likeness (QED) is 0.430. The van der Waals surface area contributed by atoms with Gasteiger partial charge in [-0.3, -0.25) is 4.79 Å². The van der Waals surface area contributed by atoms with Gasteiger partial charge in [-0.1, -0.05) is 77.7 Å². The Balaban J connectivity index is 1.89. The Morgan fingerprint density at radius 2 is 1.79 bits per heavy atom. The first-order valence-electron chi connectivity index (χ1n) is 9.12. The molecular formula is C23H21NOS3. The average Bonchev–Trinajstić information content (AvgIpc) is 3.09. The summed E-state index contributed by atoms with van der Waals surface area (Å²) in [5.74, 6) is 0.0931. The highest BCUT2D eigenvalue weighted by Gasteiger charge is 2.38. The molecule has 0 unspecified atom stereocenters. The lowest BCUT2D eigenvalue weighted by atomic mass is 9.85. The molecular weight excluding hydrogens is 402 g/mol. The number of thioether (sulfide) groups is 2. The number of hydrogen-bond donors (Lipinski definition) is 1. The highest BCUT2D eigenvalue weighted by atomic mass is 32.2. The maximum atomic E-state index is 12.4. The number of carbonyl (C=O) groups excluding carboxylic acids is 1. The molecule has 1 N–H and O–H groups in total. The Morgan fingerprint density at radius 3 is 2.46 bits per heavy atom. The van der Waals surface area contributed by atoms with E-state index in [0.717, 1.165) is 41.3 Å². The van der Waals surface area contributed by atoms with E-state index in [2.05, 4.69) is 56.4 Å². The van der Waals surface area contributed by atoms with Crippen molar-refractivity contribution in [1.29, 1.82) is 0 Å². The molecule has 0 radical (unpaired) electrons. The van der Waals surface area contributed by atoms with Gasteiger partial charge in [-0.05, 0) is 45.4 Å². The minimum absolute atomic E-state index is 0.0931. The number of rotatable bonds is 2. The number of fused-ring (bicyclic) bond motifs is 1. The van der Waals surface area contributed by atoms with Gasteiger partial charge in [0.2, 0.25) is 0 Å². The maximum absolute atomic E-state index is 12.4. The van der Waals surface area contributed by atoms with E-state index in [9.17, 15) is 4.79 Å². The zero-order valence-electron chi connectivity index (χ0n) is 16.3. The minimum Gasteiger partial charge on any atom is -0.375 e. The number of allylic oxidation sites excluding steroid dienone is 1. The van der Waals surface area contributed by atoms with Gasteiger partial charge < -0.3 is 5.32 Å². The van der Waals surface area contributed by atoms with Crippen LogP contribution in [-0.4, -0.2) is 16.2 Å². The summed E-state index contributed by atoms with van der Waals surface area (Å²) >= 11 is 9.15. The third-order valence-corrected chi connectivity index (χ3v) is 8.30. The fourth-order valence-corrected chi connectivity index (χ4v) is 6.57. The zero-order chi connectivity index (χ0) is 20.1. The number of hydrogen-bond acceptors (Lipinski definition) is 5. The average molecular weight is 424 g/mol. The predicted molar refractivity (Wildman–Crippen MR) is 128 cm³/mol. The van der Waals surface area contributed by atoms with E-state index in [-0.39, 0.29) is 11.3 Å². The van der Waals surface area contributed by atoms with E-state index in [1.165, 1.54) is 5.56 Å². The molecule has 0 atom stereocenters. The van der Waals surface area contributed by atoms with Crippen molar-refractivity contribution in [1.82, 2.24) is 0 Å². The van der Waals surface area contributed by atoms with Crippen LogP contribution in [0.5, 0.6) is 0 Å². The van der Waals surface area contributed by atoms with Gasteiger partial charge in [-0.2, -0.15) is 0 Å². The largest absolute Gasteiger partial charge is 0.375 e. The first-order chi connectivity index (χ1) is 13.3. The van der Waals surface area contributed by atoms with Crippen molar-refractivity contribution in [3.63, 3.8) is 0 Å². The van der Waals surface area contributed by atoms with E-state index in [1.54, 1.807) is 30.4 Å². The second-order valence-electron chi connectivity index (χ2n) is 7.58. The summed E-state index contributed by atoms with van der Waals surface area (Å²) in [6.07, 6.45) is 0. The summed E-state index contributed by atoms with van der Waals surface area (Å²) in [7, 11) is 0. The van der Waals surface area contributed by atoms with Crippen LogP contribution < -0.4 is 5.32 Å². The van der Waals surface area contributed by atoms with Crippen LogP contribution in [0.1, 0.15) is 37.5 Å². The summed E-state index contributed by atoms with van der Waals surface area (Å²) in [5, 5.41) is 3.57. The molecule has 0 aliphatic carbocycles. The predicted octanol–water partition coefficient (Wildman–Crippen LogP) is 6.68. The second kappa shape index (κ2) is 7.21. The molecule has 5 heteroatoms. The summed E-state index contributed by atoms with van der Waals surface area (Å²) in [6.45, 7) is 7.96. The first-order valence-corrected chi connectivity index (χ1v) is 11.2. The Morgan fingerprint density at radius 1 is 1.07 bits per heavy atom. The molecule has 0 aromatic heterocycles. The molecule has 0 saturated carbocycles. The Labute approximate surface area is 179 Å². The fraction of sp³-hybridized carbons (Fsp3) is 0.217. The van der Waals surface area contributed by atoms with Gasteiger partial charge in [0.15, 0.2) is 5.78 Å². The standard InChI is InChI=1S/C23H21NOS3/c1-13-10-11-17-16(12-13)18(21(26)23(3,4)24-17)22-27-19(14(2)25)20(28-22)15-8-6-5-7-9-15/h5-12,24H,1-4H3/b22-18-. The molecule has 142 valence electrons. The van der Waals surface area contributed by atoms with E-state index in [4.69, 9.17) is 12.2 Å². The summed E-state index contributed by atoms with van der Waals surface area (Å²) in [6, 6.07) is 16.5. The molecule has 2 aliphatic rings. The van der Waals surface area contributed by atoms with E-state index in [0.29, 0.717) is 0 Å². The molecule has 0 bridgehead atoms. The number of aryl methyl sites for hydroxylation is 1. The normalized spacial score (nSPS) is 20.8. The Bertz CT molecular complexity index is 1060. The monoisotopic (exact) mass is 423 g/mol. The third kappa shape index (κ3) is 3.36. The van der Waals surface area contributed by atoms with Crippen LogP contribution in [0.15, 0.2) is 57.7 Å². The van der Waals surface area contributed by atoms with Crippen LogP contribution in [0.4, 0.5) is 5.69 Å². The van der Waals surface area contributed by atoms with Crippen LogP contribution in [0.25, 0.3) is 10.5 Å². The molecule has 2 aliphatic heterocycles. The molecule has 2 aromatic rings. The lowest BCUT2D eigenvalue weighted by molar-refractivity contribution is -0.112. The summed E-state index contributed by atoms with van der Waals surface area (Å²) in [4.78, 5) is 15.1. The topological polar surface area (TPSA) is 29.1 Å². The number of benzene rings is 2. The number of nitrogens with one attached hydrogen (secondary N) is 1. The van der Waals surface area contributed by atoms with Crippen molar-refractivity contribution < 1.29 is 4.79 Å². The lowest BCUT2D eigenvalue weighted by Gasteiger charge is -2.37. The number of ketones is 1. The van der Waals surface area contributed by atoms with Gasteiger partial charge >= 0.3 is 0 Å². The summed E-state index contributed by atoms with van der Waals surface area (Å²) < 4.78 is 1.09. The number of anilines is 1. The van der Waals surface area contributed by atoms with Crippen molar-refractivity contribution in [2.45, 2.75) is 33.2 Å². The van der Waals surface area contributed by atoms with Crippen molar-refractivity contribution in [3.8, 4) is 0 Å². The Hall–Kier alpha value is -1.82. The van der Waals surface area contributed by atoms with Crippen LogP contribution in [0.2, 0.25) is 0 Å². The number of carbonyl (C=O) groups is 1. The van der Waals surface area contributed by atoms with E-state index in [1.807, 2.05) is 18.2 Å². The van der Waals surface area contributed by atoms with Gasteiger partial charge in [0, 0.05) is 26.6 Å². The van der Waals surface area contributed by atoms with Crippen LogP contribution >= 0.6 is 35.7 Å². The van der Waals surface area contributed by atoms with Gasteiger partial charge in [0.25, 0.3) is 0 Å². The molecule has 0 spiro atoms. The zero-order valence-corrected chi connectivity index (χ0v) is 18.7. The molecule has 2 heterocycles. The molecule has 2 nitrogen and oxygen atoms in total. The third-order valence-electron chi connectivity index (χ3n) is 4.84. The highest BCUT2D eigenvalue weighted by molar-refractivity contribution is 8.32. The molecule has 2 aromatic carbocycles. The highest BCUT2D eigenvalue weighted by Crippen LogP contribution is 2.57. The maximum Gasteiger partial charge on any atom is 0.167 e. The molecule has 4 rings (SSSR count). The smallest absolute Gasteiger partial charge is 0.167 e. The minimum atomic E-state index is -0.326. The van der Waals surface area contributed by atoms with Gasteiger partial charge in [-0.25, -0.2) is 0 Å². The van der Waals surface area contributed by atoms with Crippen LogP contribution in [0, 0.1) is 6.92 Å². The van der Waals surface area contributed by atoms with Gasteiger partial charge in [0.05, 0.1) is 14.7 Å². The van der Waals surface area contributed by atoms with Crippen molar-refractivity contribution in [2.24, 2.45) is 0 Å². The number of thiocarbonyl (C=S) groups is 1. The fourth-order valence-electron chi connectivity index (χ4n) is 3.42. The van der Waals surface area contributed by atoms with Crippen molar-refractivity contribution in [3.05, 3.63) is 74.4 Å². The van der Waals surface area contributed by atoms with E-state index < -0.39 is 0 Å². The van der Waals surface area contributed by atoms with Crippen molar-refractivity contribution in [2.75, 3.05) is 5.32 Å². The molecule has 0 amide bonds. The number of Topliss-reactive ketones (excluding diaryl/α,β-unsaturated/α-hetero) is 1. The molecule has 0 saturated heterocycles. The molecule has 28 heavy (non-hydrogen) atoms. The van der Waals surface area contributed by atoms with Gasteiger partial charge in [0.1, 0.15) is 0 Å². The van der Waals surface area contributed by atoms with Crippen LogP contribution in [0.3, 0.4) is 0 Å². The SMILES string of the molecule is CC(=O)C1=C(c2ccccc2)S/C(=C2\C(=S)C(C)(C)Nc3ccc(C)cc32)S1. The first kappa shape index (κ1) is 19.5. The Kier molecular flexibility index (Phi) is 5.02. The van der Waals surface area contributed by atoms with Gasteiger partial charge in [-0.15, -0.1) is 0 Å². The van der Waals surface area contributed by atoms with Crippen molar-refractivity contribution >= 4 is 62.6 Å². The second-order valence-corrected chi connectivity index (χ2v) is 10.3. The lowest BCUT2D eigenvalue weighted by Crippen LogP contribution is -2.43. The van der Waals surface area contributed by atoms with Crippen LogP contribution in [-0.2, 0) is 4.79 Å².